The van der Waals surface area contributed by atoms with E-state index in [0.29, 0.717) is 12.8 Å². The number of hydrogen-bond acceptors (Lipinski definition) is 1. The molecule has 1 aromatic heterocycles. The first-order valence-electron chi connectivity index (χ1n) is 8.07. The second-order valence-electron chi connectivity index (χ2n) is 6.26. The fourth-order valence-corrected chi connectivity index (χ4v) is 3.47. The van der Waals surface area contributed by atoms with Crippen LogP contribution in [0, 0.1) is 17.5 Å². The van der Waals surface area contributed by atoms with Crippen molar-refractivity contribution in [3.8, 4) is 0 Å². The number of carbonyl (C=O) groups is 1. The number of halogens is 3. The molecule has 0 fully saturated rings. The Balaban J connectivity index is 1.55. The van der Waals surface area contributed by atoms with E-state index in [4.69, 9.17) is 0 Å². The lowest BCUT2D eigenvalue weighted by molar-refractivity contribution is 0.0928. The summed E-state index contributed by atoms with van der Waals surface area (Å²) in [5.74, 6) is -5.13. The molecule has 1 aliphatic carbocycles. The van der Waals surface area contributed by atoms with Crippen LogP contribution in [0.1, 0.15) is 28.0 Å². The van der Waals surface area contributed by atoms with Gasteiger partial charge in [0.25, 0.3) is 5.91 Å². The van der Waals surface area contributed by atoms with Crippen molar-refractivity contribution in [2.45, 2.75) is 25.3 Å². The van der Waals surface area contributed by atoms with E-state index in [0.717, 1.165) is 29.8 Å². The molecule has 0 saturated heterocycles. The van der Waals surface area contributed by atoms with E-state index in [2.05, 4.69) is 16.4 Å². The normalized spacial score (nSPS) is 16.7. The van der Waals surface area contributed by atoms with Crippen LogP contribution < -0.4 is 5.32 Å². The maximum absolute atomic E-state index is 13.8. The van der Waals surface area contributed by atoms with Gasteiger partial charge >= 0.3 is 0 Å². The Labute approximate surface area is 141 Å². The molecule has 1 unspecified atom stereocenters. The van der Waals surface area contributed by atoms with Gasteiger partial charge in [0.15, 0.2) is 17.5 Å². The van der Waals surface area contributed by atoms with Crippen molar-refractivity contribution < 1.29 is 18.0 Å². The second-order valence-corrected chi connectivity index (χ2v) is 6.26. The highest BCUT2D eigenvalue weighted by molar-refractivity contribution is 5.94. The molecule has 1 aliphatic rings. The quantitative estimate of drug-likeness (QED) is 0.681. The van der Waals surface area contributed by atoms with Crippen LogP contribution in [-0.4, -0.2) is 16.9 Å². The summed E-state index contributed by atoms with van der Waals surface area (Å²) in [5, 5.41) is 3.89. The number of fused-ring (bicyclic) bond motifs is 3. The zero-order chi connectivity index (χ0) is 17.6. The zero-order valence-electron chi connectivity index (χ0n) is 13.2. The molecule has 6 heteroatoms. The summed E-state index contributed by atoms with van der Waals surface area (Å²) < 4.78 is 40.1. The Morgan fingerprint density at radius 3 is 2.72 bits per heavy atom. The monoisotopic (exact) mass is 344 g/mol. The van der Waals surface area contributed by atoms with Crippen LogP contribution >= 0.6 is 0 Å². The number of carbonyl (C=O) groups excluding carboxylic acids is 1. The molecule has 0 spiro atoms. The standard InChI is InChI=1S/C19H15F3N2O/c20-14-8-7-13(17(21)18(14)22)19(25)23-10-5-6-12-11-3-1-2-4-15(11)24-16(12)9-10/h1-4,7-8,10,24H,5-6,9H2,(H,23,25). The minimum absolute atomic E-state index is 0.194. The SMILES string of the molecule is O=C(NC1CCc2c([nH]c3ccccc23)C1)c1ccc(F)c(F)c1F. The maximum Gasteiger partial charge on any atom is 0.254 e. The van der Waals surface area contributed by atoms with Gasteiger partial charge in [-0.05, 0) is 36.6 Å². The Morgan fingerprint density at radius 1 is 1.08 bits per heavy atom. The minimum Gasteiger partial charge on any atom is -0.358 e. The number of hydrogen-bond donors (Lipinski definition) is 2. The first-order valence-corrected chi connectivity index (χ1v) is 8.07. The summed E-state index contributed by atoms with van der Waals surface area (Å²) in [4.78, 5) is 15.6. The van der Waals surface area contributed by atoms with E-state index >= 15 is 0 Å². The van der Waals surface area contributed by atoms with E-state index in [9.17, 15) is 18.0 Å². The Bertz CT molecular complexity index is 980. The maximum atomic E-state index is 13.8. The van der Waals surface area contributed by atoms with Crippen molar-refractivity contribution in [1.29, 1.82) is 0 Å². The molecule has 0 bridgehead atoms. The Kier molecular flexibility index (Phi) is 3.75. The van der Waals surface area contributed by atoms with Crippen molar-refractivity contribution in [2.75, 3.05) is 0 Å². The van der Waals surface area contributed by atoms with Crippen LogP contribution in [0.2, 0.25) is 0 Å². The molecule has 25 heavy (non-hydrogen) atoms. The van der Waals surface area contributed by atoms with Crippen LogP contribution in [0.3, 0.4) is 0 Å². The fraction of sp³-hybridized carbons (Fsp3) is 0.211. The van der Waals surface area contributed by atoms with Gasteiger partial charge in [0.1, 0.15) is 0 Å². The van der Waals surface area contributed by atoms with E-state index in [1.807, 2.05) is 18.2 Å². The Hall–Kier alpha value is -2.76. The summed E-state index contributed by atoms with van der Waals surface area (Å²) in [6.07, 6.45) is 2.07. The lowest BCUT2D eigenvalue weighted by Crippen LogP contribution is -2.39. The molecule has 0 aliphatic heterocycles. The molecule has 0 radical (unpaired) electrons. The largest absolute Gasteiger partial charge is 0.358 e. The number of aromatic amines is 1. The lowest BCUT2D eigenvalue weighted by atomic mass is 9.91. The predicted molar refractivity (Wildman–Crippen MR) is 87.9 cm³/mol. The summed E-state index contributed by atoms with van der Waals surface area (Å²) >= 11 is 0. The van der Waals surface area contributed by atoms with Crippen LogP contribution in [-0.2, 0) is 12.8 Å². The highest BCUT2D eigenvalue weighted by atomic mass is 19.2. The van der Waals surface area contributed by atoms with Gasteiger partial charge in [-0.3, -0.25) is 4.79 Å². The van der Waals surface area contributed by atoms with Crippen molar-refractivity contribution in [3.63, 3.8) is 0 Å². The number of amides is 1. The number of benzene rings is 2. The van der Waals surface area contributed by atoms with Gasteiger partial charge in [-0.25, -0.2) is 13.2 Å². The number of aryl methyl sites for hydroxylation is 1. The topological polar surface area (TPSA) is 44.9 Å². The average Bonchev–Trinajstić information content (AvgIpc) is 2.97. The highest BCUT2D eigenvalue weighted by Crippen LogP contribution is 2.29. The van der Waals surface area contributed by atoms with Gasteiger partial charge in [0.05, 0.1) is 5.56 Å². The van der Waals surface area contributed by atoms with Crippen LogP contribution in [0.15, 0.2) is 36.4 Å². The smallest absolute Gasteiger partial charge is 0.254 e. The third-order valence-corrected chi connectivity index (χ3v) is 4.71. The number of para-hydroxylation sites is 1. The molecule has 1 amide bonds. The molecule has 2 aromatic carbocycles. The third-order valence-electron chi connectivity index (χ3n) is 4.71. The zero-order valence-corrected chi connectivity index (χ0v) is 13.2. The molecule has 2 N–H and O–H groups in total. The molecular weight excluding hydrogens is 329 g/mol. The fourth-order valence-electron chi connectivity index (χ4n) is 3.47. The first-order chi connectivity index (χ1) is 12.0. The summed E-state index contributed by atoms with van der Waals surface area (Å²) in [7, 11) is 0. The van der Waals surface area contributed by atoms with E-state index < -0.39 is 28.9 Å². The van der Waals surface area contributed by atoms with Gasteiger partial charge in [-0.15, -0.1) is 0 Å². The molecule has 0 saturated carbocycles. The third kappa shape index (κ3) is 2.67. The molecule has 4 rings (SSSR count). The first kappa shape index (κ1) is 15.7. The molecule has 3 nitrogen and oxygen atoms in total. The summed E-state index contributed by atoms with van der Waals surface area (Å²) in [6.45, 7) is 0. The second kappa shape index (κ2) is 5.95. The van der Waals surface area contributed by atoms with Crippen molar-refractivity contribution in [3.05, 3.63) is 70.7 Å². The number of H-pyrrole nitrogens is 1. The van der Waals surface area contributed by atoms with Gasteiger partial charge < -0.3 is 10.3 Å². The number of nitrogens with one attached hydrogen (secondary N) is 2. The van der Waals surface area contributed by atoms with Crippen molar-refractivity contribution in [1.82, 2.24) is 10.3 Å². The van der Waals surface area contributed by atoms with Crippen LogP contribution in [0.4, 0.5) is 13.2 Å². The lowest BCUT2D eigenvalue weighted by Gasteiger charge is -2.23. The molecule has 3 aromatic rings. The van der Waals surface area contributed by atoms with E-state index in [-0.39, 0.29) is 6.04 Å². The van der Waals surface area contributed by atoms with Crippen LogP contribution in [0.25, 0.3) is 10.9 Å². The van der Waals surface area contributed by atoms with E-state index in [1.54, 1.807) is 0 Å². The number of rotatable bonds is 2. The van der Waals surface area contributed by atoms with Crippen molar-refractivity contribution in [2.24, 2.45) is 0 Å². The van der Waals surface area contributed by atoms with Gasteiger partial charge in [-0.2, -0.15) is 0 Å². The minimum atomic E-state index is -1.63. The molecule has 128 valence electrons. The van der Waals surface area contributed by atoms with E-state index in [1.165, 1.54) is 10.9 Å². The summed E-state index contributed by atoms with van der Waals surface area (Å²) in [5.41, 5.74) is 2.84. The van der Waals surface area contributed by atoms with Gasteiger partial charge in [0.2, 0.25) is 0 Å². The predicted octanol–water partition coefficient (Wildman–Crippen LogP) is 3.87. The molecular formula is C19H15F3N2O. The Morgan fingerprint density at radius 2 is 1.88 bits per heavy atom. The highest BCUT2D eigenvalue weighted by Gasteiger charge is 2.25. The summed E-state index contributed by atoms with van der Waals surface area (Å²) in [6, 6.07) is 9.51. The van der Waals surface area contributed by atoms with Gasteiger partial charge in [0, 0.05) is 29.1 Å². The van der Waals surface area contributed by atoms with Gasteiger partial charge in [-0.1, -0.05) is 18.2 Å². The molecule has 1 heterocycles. The van der Waals surface area contributed by atoms with Crippen LogP contribution in [0.5, 0.6) is 0 Å². The number of aromatic nitrogens is 1. The average molecular weight is 344 g/mol. The molecule has 1 atom stereocenters. The van der Waals surface area contributed by atoms with Crippen molar-refractivity contribution >= 4 is 16.8 Å².